The van der Waals surface area contributed by atoms with Crippen LogP contribution in [0.2, 0.25) is 32.7 Å². The molecule has 0 saturated heterocycles. The minimum absolute atomic E-state index is 0. The Morgan fingerprint density at radius 1 is 0.889 bits per heavy atom. The second-order valence-electron chi connectivity index (χ2n) is 11.5. The van der Waals surface area contributed by atoms with Crippen LogP contribution >= 0.6 is 11.3 Å². The van der Waals surface area contributed by atoms with Crippen molar-refractivity contribution in [3.05, 3.63) is 87.1 Å². The van der Waals surface area contributed by atoms with Crippen LogP contribution in [0.15, 0.2) is 66.2 Å². The van der Waals surface area contributed by atoms with E-state index < -0.39 is 16.1 Å². The molecule has 0 fully saturated rings. The van der Waals surface area contributed by atoms with Gasteiger partial charge in [-0.05, 0) is 36.2 Å². The molecule has 0 saturated carbocycles. The number of hydrogen-bond donors (Lipinski definition) is 0. The molecular formula is C30H35Cl2SSi2Zr. The first-order valence-electron chi connectivity index (χ1n) is 12.1. The van der Waals surface area contributed by atoms with Gasteiger partial charge in [0, 0.05) is 15.3 Å². The topological polar surface area (TPSA) is 0 Å². The maximum Gasteiger partial charge on any atom is 3.00 e. The summed E-state index contributed by atoms with van der Waals surface area (Å²) in [5, 5.41) is 6.01. The van der Waals surface area contributed by atoms with Crippen molar-refractivity contribution in [2.24, 2.45) is 0 Å². The van der Waals surface area contributed by atoms with Crippen molar-refractivity contribution in [3.63, 3.8) is 0 Å². The molecule has 6 heteroatoms. The van der Waals surface area contributed by atoms with E-state index in [2.05, 4.69) is 114 Å². The molecule has 36 heavy (non-hydrogen) atoms. The first kappa shape index (κ1) is 31.6. The monoisotopic (exact) mass is 643 g/mol. The van der Waals surface area contributed by atoms with Gasteiger partial charge in [0.25, 0.3) is 0 Å². The zero-order chi connectivity index (χ0) is 23.7. The number of aryl methyl sites for hydroxylation is 2. The average molecular weight is 646 g/mol. The second kappa shape index (κ2) is 11.2. The minimum atomic E-state index is -1.21. The molecule has 3 aromatic carbocycles. The van der Waals surface area contributed by atoms with Gasteiger partial charge in [0.2, 0.25) is 0 Å². The Kier molecular flexibility index (Phi) is 9.87. The molecule has 4 aromatic rings. The van der Waals surface area contributed by atoms with Crippen LogP contribution in [0.4, 0.5) is 0 Å². The zero-order valence-corrected chi connectivity index (χ0v) is 29.3. The van der Waals surface area contributed by atoms with Crippen molar-refractivity contribution < 1.29 is 51.0 Å². The molecule has 0 nitrogen and oxygen atoms in total. The van der Waals surface area contributed by atoms with Crippen LogP contribution in [0.25, 0.3) is 27.1 Å². The number of thiophene rings is 1. The van der Waals surface area contributed by atoms with Crippen molar-refractivity contribution in [1.29, 1.82) is 0 Å². The van der Waals surface area contributed by atoms with Gasteiger partial charge in [0.1, 0.15) is 0 Å². The Morgan fingerprint density at radius 3 is 2.08 bits per heavy atom. The third-order valence-electron chi connectivity index (χ3n) is 7.57. The first-order chi connectivity index (χ1) is 15.5. The molecule has 2 aliphatic heterocycles. The summed E-state index contributed by atoms with van der Waals surface area (Å²) in [6.07, 6.45) is 0. The first-order valence-corrected chi connectivity index (χ1v) is 19.5. The molecule has 2 bridgehead atoms. The molecule has 187 valence electrons. The van der Waals surface area contributed by atoms with Crippen LogP contribution in [0, 0.1) is 13.8 Å². The molecule has 1 unspecified atom stereocenters. The number of fused-ring (bicyclic) bond motifs is 1. The Hall–Kier alpha value is -0.613. The van der Waals surface area contributed by atoms with Crippen molar-refractivity contribution in [2.75, 3.05) is 0 Å². The molecule has 3 heterocycles. The summed E-state index contributed by atoms with van der Waals surface area (Å²) < 4.78 is 0. The number of rotatable bonds is 2. The van der Waals surface area contributed by atoms with E-state index in [9.17, 15) is 0 Å². The van der Waals surface area contributed by atoms with Gasteiger partial charge in [-0.3, -0.25) is 0 Å². The second-order valence-corrected chi connectivity index (χ2v) is 22.4. The Morgan fingerprint density at radius 2 is 1.53 bits per heavy atom. The van der Waals surface area contributed by atoms with Gasteiger partial charge in [-0.2, -0.15) is 6.07 Å². The fourth-order valence-electron chi connectivity index (χ4n) is 6.08. The summed E-state index contributed by atoms with van der Waals surface area (Å²) in [4.78, 5) is 3.14. The van der Waals surface area contributed by atoms with Crippen molar-refractivity contribution >= 4 is 48.6 Å². The van der Waals surface area contributed by atoms with Gasteiger partial charge in [-0.15, -0.1) is 45.9 Å². The molecular weight excluding hydrogens is 611 g/mol. The predicted octanol–water partition coefficient (Wildman–Crippen LogP) is 2.81. The standard InChI is InChI=1S/C19H21Si.C11H14SSi.2ClH.Zr/c1-14-12-16-6-5-7-18(19(16)13-14)15-8-10-17(11-9-15)20(2,3)4;1-6-5-8-9(12-6)11-7(2)10(8)13(11,3)4;;;/h5-13H,1-4H3;5,10H,1-4H3;2*1H;/q-1;;;;+3/p-2. The summed E-state index contributed by atoms with van der Waals surface area (Å²) in [5.74, 6) is 0. The maximum absolute atomic E-state index is 2.52. The smallest absolute Gasteiger partial charge is 1.00 e. The molecule has 1 aliphatic carbocycles. The van der Waals surface area contributed by atoms with Gasteiger partial charge >= 0.3 is 26.2 Å². The van der Waals surface area contributed by atoms with Gasteiger partial charge in [0.15, 0.2) is 0 Å². The fraction of sp³-hybridized carbons (Fsp3) is 0.300. The Labute approximate surface area is 254 Å². The zero-order valence-electron chi connectivity index (χ0n) is 22.5. The molecule has 0 spiro atoms. The van der Waals surface area contributed by atoms with Gasteiger partial charge in [-0.25, -0.2) is 0 Å². The third-order valence-corrected chi connectivity index (χ3v) is 15.0. The van der Waals surface area contributed by atoms with Crippen molar-refractivity contribution in [1.82, 2.24) is 0 Å². The van der Waals surface area contributed by atoms with E-state index >= 15 is 0 Å². The Bertz CT molecular complexity index is 1410. The maximum atomic E-state index is 2.52. The van der Waals surface area contributed by atoms with Gasteiger partial charge in [0.05, 0.1) is 16.1 Å². The fourth-order valence-corrected chi connectivity index (χ4v) is 13.5. The van der Waals surface area contributed by atoms with Crippen LogP contribution in [-0.2, 0) is 26.2 Å². The molecule has 7 rings (SSSR count). The number of benzene rings is 2. The largest absolute Gasteiger partial charge is 3.00 e. The van der Waals surface area contributed by atoms with Crippen LogP contribution in [0.1, 0.15) is 33.3 Å². The van der Waals surface area contributed by atoms with E-state index in [1.807, 2.05) is 11.3 Å². The SMILES string of the molecule is CC1=C2c3sc(C)cc3C1[Si]2(C)C.Cc1cc2c(-c3ccc([Si](C)(C)C)cc3)cccc2[cH-]1.[Cl-].[Cl-].[Zr+3]. The summed E-state index contributed by atoms with van der Waals surface area (Å²) in [5.41, 5.74) is 8.25. The van der Waals surface area contributed by atoms with E-state index in [1.165, 1.54) is 37.5 Å². The van der Waals surface area contributed by atoms with Crippen molar-refractivity contribution in [3.8, 4) is 11.1 Å². The van der Waals surface area contributed by atoms with Crippen LogP contribution < -0.4 is 30.0 Å². The van der Waals surface area contributed by atoms with Crippen LogP contribution in [0.5, 0.6) is 0 Å². The van der Waals surface area contributed by atoms with Crippen LogP contribution in [0.3, 0.4) is 0 Å². The van der Waals surface area contributed by atoms with Crippen molar-refractivity contribution in [2.45, 2.75) is 59.0 Å². The van der Waals surface area contributed by atoms with E-state index in [-0.39, 0.29) is 51.0 Å². The molecule has 0 N–H and O–H groups in total. The summed E-state index contributed by atoms with van der Waals surface area (Å²) in [6, 6.07) is 22.7. The molecule has 1 aromatic heterocycles. The summed E-state index contributed by atoms with van der Waals surface area (Å²) in [7, 11) is -2.20. The predicted molar refractivity (Wildman–Crippen MR) is 155 cm³/mol. The molecule has 0 amide bonds. The van der Waals surface area contributed by atoms with E-state index in [0.717, 1.165) is 5.54 Å². The quantitative estimate of drug-likeness (QED) is 0.233. The summed E-state index contributed by atoms with van der Waals surface area (Å²) >= 11 is 2.01. The number of halogens is 2. The van der Waals surface area contributed by atoms with E-state index in [0.29, 0.717) is 0 Å². The Balaban J connectivity index is 0.000000250. The van der Waals surface area contributed by atoms with E-state index in [4.69, 9.17) is 0 Å². The number of hydrogen-bond acceptors (Lipinski definition) is 1. The third kappa shape index (κ3) is 5.29. The molecule has 1 atom stereocenters. The molecule has 3 aliphatic rings. The minimum Gasteiger partial charge on any atom is -1.00 e. The average Bonchev–Trinajstić information content (AvgIpc) is 3.41. The summed E-state index contributed by atoms with van der Waals surface area (Å²) in [6.45, 7) is 18.9. The van der Waals surface area contributed by atoms with Gasteiger partial charge < -0.3 is 24.8 Å². The van der Waals surface area contributed by atoms with Gasteiger partial charge in [-0.1, -0.05) is 86.3 Å². The molecule has 1 radical (unpaired) electrons. The number of allylic oxidation sites excluding steroid dienone is 1. The van der Waals surface area contributed by atoms with Crippen LogP contribution in [-0.4, -0.2) is 16.1 Å². The normalized spacial score (nSPS) is 16.6. The van der Waals surface area contributed by atoms with E-state index in [1.54, 1.807) is 21.2 Å².